The van der Waals surface area contributed by atoms with Crippen LogP contribution < -0.4 is 0 Å². The third-order valence-electron chi connectivity index (χ3n) is 3.99. The van der Waals surface area contributed by atoms with Crippen LogP contribution in [0.1, 0.15) is 23.1 Å². The largest absolute Gasteiger partial charge is 0.354 e. The summed E-state index contributed by atoms with van der Waals surface area (Å²) in [5.41, 5.74) is 3.54. The summed E-state index contributed by atoms with van der Waals surface area (Å²) in [4.78, 5) is 13.5. The Morgan fingerprint density at radius 2 is 1.87 bits per heavy atom. The van der Waals surface area contributed by atoms with E-state index in [1.165, 1.54) is 5.56 Å². The second kappa shape index (κ2) is 7.25. The molecule has 3 rings (SSSR count). The summed E-state index contributed by atoms with van der Waals surface area (Å²) in [6.07, 6.45) is 4.41. The lowest BCUT2D eigenvalue weighted by Crippen LogP contribution is -2.53. The van der Waals surface area contributed by atoms with Gasteiger partial charge in [0.2, 0.25) is 5.91 Å². The van der Waals surface area contributed by atoms with Crippen LogP contribution in [0, 0.1) is 6.92 Å². The number of likely N-dealkylation sites (tertiary alicyclic amines) is 1. The van der Waals surface area contributed by atoms with E-state index in [9.17, 15) is 4.79 Å². The Morgan fingerprint density at radius 1 is 1.13 bits per heavy atom. The molecule has 3 heteroatoms. The molecule has 0 aliphatic carbocycles. The molecule has 2 aromatic carbocycles. The van der Waals surface area contributed by atoms with Gasteiger partial charge in [0.1, 0.15) is 6.23 Å². The van der Waals surface area contributed by atoms with Gasteiger partial charge in [-0.25, -0.2) is 0 Å². The van der Waals surface area contributed by atoms with Crippen molar-refractivity contribution in [3.63, 3.8) is 0 Å². The van der Waals surface area contributed by atoms with Crippen LogP contribution in [-0.2, 0) is 16.1 Å². The zero-order chi connectivity index (χ0) is 16.1. The SMILES string of the molecule is Cc1ccc(/C=C/COC2CC(=O)N2Cc2ccccc2)cc1. The Kier molecular flexibility index (Phi) is 4.89. The van der Waals surface area contributed by atoms with Crippen molar-refractivity contribution in [3.8, 4) is 0 Å². The number of benzene rings is 2. The average Bonchev–Trinajstić information content (AvgIpc) is 2.58. The molecule has 0 N–H and O–H groups in total. The fraction of sp³-hybridized carbons (Fsp3) is 0.250. The molecule has 1 fully saturated rings. The van der Waals surface area contributed by atoms with Crippen molar-refractivity contribution in [2.45, 2.75) is 26.1 Å². The first-order valence-corrected chi connectivity index (χ1v) is 7.90. The van der Waals surface area contributed by atoms with Crippen molar-refractivity contribution < 1.29 is 9.53 Å². The number of hydrogen-bond acceptors (Lipinski definition) is 2. The van der Waals surface area contributed by atoms with Crippen LogP contribution in [-0.4, -0.2) is 23.6 Å². The topological polar surface area (TPSA) is 29.5 Å². The minimum atomic E-state index is -0.106. The van der Waals surface area contributed by atoms with E-state index < -0.39 is 0 Å². The lowest BCUT2D eigenvalue weighted by molar-refractivity contribution is -0.173. The number of hydrogen-bond donors (Lipinski definition) is 0. The molecule has 23 heavy (non-hydrogen) atoms. The van der Waals surface area contributed by atoms with Crippen LogP contribution in [0.4, 0.5) is 0 Å². The molecule has 1 amide bonds. The van der Waals surface area contributed by atoms with Gasteiger partial charge < -0.3 is 9.64 Å². The van der Waals surface area contributed by atoms with Gasteiger partial charge in [-0.2, -0.15) is 0 Å². The molecule has 1 aliphatic rings. The van der Waals surface area contributed by atoms with Gasteiger partial charge in [0, 0.05) is 6.54 Å². The molecule has 1 unspecified atom stereocenters. The molecule has 0 radical (unpaired) electrons. The third kappa shape index (κ3) is 4.08. The Balaban J connectivity index is 1.48. The van der Waals surface area contributed by atoms with Gasteiger partial charge in [-0.15, -0.1) is 0 Å². The minimum absolute atomic E-state index is 0.106. The van der Waals surface area contributed by atoms with E-state index in [0.717, 1.165) is 11.1 Å². The van der Waals surface area contributed by atoms with Crippen LogP contribution >= 0.6 is 0 Å². The Bertz CT molecular complexity index is 677. The molecular weight excluding hydrogens is 286 g/mol. The first kappa shape index (κ1) is 15.5. The van der Waals surface area contributed by atoms with Gasteiger partial charge >= 0.3 is 0 Å². The number of rotatable bonds is 6. The van der Waals surface area contributed by atoms with Crippen molar-refractivity contribution in [2.75, 3.05) is 6.61 Å². The van der Waals surface area contributed by atoms with Crippen LogP contribution in [0.3, 0.4) is 0 Å². The Labute approximate surface area is 137 Å². The Morgan fingerprint density at radius 3 is 2.57 bits per heavy atom. The van der Waals surface area contributed by atoms with Gasteiger partial charge in [0.05, 0.1) is 13.0 Å². The molecule has 0 bridgehead atoms. The standard InChI is InChI=1S/C20H21NO2/c1-16-9-11-17(12-10-16)8-5-13-23-20-14-19(22)21(20)15-18-6-3-2-4-7-18/h2-12,20H,13-15H2,1H3/b8-5+. The number of carbonyl (C=O) groups excluding carboxylic acids is 1. The van der Waals surface area contributed by atoms with Crippen LogP contribution in [0.2, 0.25) is 0 Å². The van der Waals surface area contributed by atoms with Gasteiger partial charge in [-0.1, -0.05) is 72.3 Å². The molecule has 0 spiro atoms. The molecule has 1 aliphatic heterocycles. The Hall–Kier alpha value is -2.39. The van der Waals surface area contributed by atoms with Crippen LogP contribution in [0.5, 0.6) is 0 Å². The zero-order valence-corrected chi connectivity index (χ0v) is 13.3. The number of β-lactam (4-membered cyclic amide) rings is 1. The normalized spacial score (nSPS) is 17.5. The fourth-order valence-corrected chi connectivity index (χ4v) is 2.57. The number of carbonyl (C=O) groups is 1. The van der Waals surface area contributed by atoms with Crippen molar-refractivity contribution in [1.82, 2.24) is 4.90 Å². The summed E-state index contributed by atoms with van der Waals surface area (Å²) < 4.78 is 5.80. The van der Waals surface area contributed by atoms with E-state index in [0.29, 0.717) is 19.6 Å². The van der Waals surface area contributed by atoms with Crippen LogP contribution in [0.25, 0.3) is 6.08 Å². The second-order valence-electron chi connectivity index (χ2n) is 5.81. The van der Waals surface area contributed by atoms with E-state index in [1.54, 1.807) is 4.90 Å². The van der Waals surface area contributed by atoms with Gasteiger partial charge in [0.15, 0.2) is 0 Å². The van der Waals surface area contributed by atoms with Crippen molar-refractivity contribution in [2.24, 2.45) is 0 Å². The lowest BCUT2D eigenvalue weighted by atomic mass is 10.1. The maximum Gasteiger partial charge on any atom is 0.229 e. The molecule has 1 heterocycles. The maximum atomic E-state index is 11.8. The van der Waals surface area contributed by atoms with E-state index in [1.807, 2.05) is 42.5 Å². The van der Waals surface area contributed by atoms with Gasteiger partial charge in [0.25, 0.3) is 0 Å². The minimum Gasteiger partial charge on any atom is -0.354 e. The summed E-state index contributed by atoms with van der Waals surface area (Å²) in [5, 5.41) is 0. The monoisotopic (exact) mass is 307 g/mol. The molecule has 1 saturated heterocycles. The highest BCUT2D eigenvalue weighted by atomic mass is 16.5. The quantitative estimate of drug-likeness (QED) is 0.760. The van der Waals surface area contributed by atoms with Crippen molar-refractivity contribution in [1.29, 1.82) is 0 Å². The van der Waals surface area contributed by atoms with E-state index in [-0.39, 0.29) is 12.1 Å². The molecule has 0 saturated carbocycles. The van der Waals surface area contributed by atoms with Gasteiger partial charge in [-0.3, -0.25) is 4.79 Å². The lowest BCUT2D eigenvalue weighted by Gasteiger charge is -2.39. The number of aryl methyl sites for hydroxylation is 1. The molecule has 2 aromatic rings. The summed E-state index contributed by atoms with van der Waals surface area (Å²) in [6.45, 7) is 3.20. The summed E-state index contributed by atoms with van der Waals surface area (Å²) in [6, 6.07) is 18.4. The number of nitrogens with zero attached hydrogens (tertiary/aromatic N) is 1. The van der Waals surface area contributed by atoms with E-state index in [4.69, 9.17) is 4.74 Å². The van der Waals surface area contributed by atoms with Gasteiger partial charge in [-0.05, 0) is 18.1 Å². The molecule has 3 nitrogen and oxygen atoms in total. The second-order valence-corrected chi connectivity index (χ2v) is 5.81. The number of ether oxygens (including phenoxy) is 1. The summed E-state index contributed by atoms with van der Waals surface area (Å²) >= 11 is 0. The van der Waals surface area contributed by atoms with Crippen molar-refractivity contribution >= 4 is 12.0 Å². The summed E-state index contributed by atoms with van der Waals surface area (Å²) in [7, 11) is 0. The first-order chi connectivity index (χ1) is 11.2. The van der Waals surface area contributed by atoms with E-state index >= 15 is 0 Å². The maximum absolute atomic E-state index is 11.8. The highest BCUT2D eigenvalue weighted by Gasteiger charge is 2.36. The van der Waals surface area contributed by atoms with E-state index in [2.05, 4.69) is 31.2 Å². The predicted molar refractivity (Wildman–Crippen MR) is 91.6 cm³/mol. The highest BCUT2D eigenvalue weighted by Crippen LogP contribution is 2.23. The molecule has 1 atom stereocenters. The van der Waals surface area contributed by atoms with Crippen LogP contribution in [0.15, 0.2) is 60.7 Å². The molecule has 118 valence electrons. The average molecular weight is 307 g/mol. The zero-order valence-electron chi connectivity index (χ0n) is 13.3. The first-order valence-electron chi connectivity index (χ1n) is 7.90. The molecule has 0 aromatic heterocycles. The smallest absolute Gasteiger partial charge is 0.229 e. The third-order valence-corrected chi connectivity index (χ3v) is 3.99. The fourth-order valence-electron chi connectivity index (χ4n) is 2.57. The summed E-state index contributed by atoms with van der Waals surface area (Å²) in [5.74, 6) is 0.154. The highest BCUT2D eigenvalue weighted by molar-refractivity contribution is 5.82. The predicted octanol–water partition coefficient (Wildman–Crippen LogP) is 3.78. The number of amides is 1. The van der Waals surface area contributed by atoms with Crippen molar-refractivity contribution in [3.05, 3.63) is 77.4 Å². The molecular formula is C20H21NO2.